The van der Waals surface area contributed by atoms with E-state index in [1.807, 2.05) is 19.9 Å². The smallest absolute Gasteiger partial charge is 0.303 e. The molecular formula is C26H44O8. The number of rotatable bonds is 12. The van der Waals surface area contributed by atoms with E-state index >= 15 is 0 Å². The number of aliphatic carboxylic acids is 1. The third kappa shape index (κ3) is 8.19. The van der Waals surface area contributed by atoms with E-state index in [9.17, 15) is 15.0 Å². The molecule has 2 heterocycles. The van der Waals surface area contributed by atoms with Gasteiger partial charge in [0.2, 0.25) is 0 Å². The van der Waals surface area contributed by atoms with Crippen molar-refractivity contribution in [2.24, 2.45) is 11.8 Å². The molecule has 8 heteroatoms. The predicted molar refractivity (Wildman–Crippen MR) is 126 cm³/mol. The molecule has 2 N–H and O–H groups in total. The van der Waals surface area contributed by atoms with Gasteiger partial charge in [-0.05, 0) is 64.9 Å². The van der Waals surface area contributed by atoms with Crippen molar-refractivity contribution in [1.29, 1.82) is 0 Å². The van der Waals surface area contributed by atoms with E-state index in [1.54, 1.807) is 0 Å². The van der Waals surface area contributed by atoms with Crippen LogP contribution in [0.15, 0.2) is 11.8 Å². The Labute approximate surface area is 203 Å². The van der Waals surface area contributed by atoms with E-state index in [2.05, 4.69) is 6.92 Å². The topological polar surface area (TPSA) is 104 Å². The van der Waals surface area contributed by atoms with Gasteiger partial charge in [-0.25, -0.2) is 0 Å². The third-order valence-corrected chi connectivity index (χ3v) is 6.93. The van der Waals surface area contributed by atoms with Gasteiger partial charge in [0, 0.05) is 37.9 Å². The Balaban J connectivity index is 1.86. The second-order valence-corrected chi connectivity index (χ2v) is 10.4. The quantitative estimate of drug-likeness (QED) is 0.393. The van der Waals surface area contributed by atoms with Gasteiger partial charge in [-0.3, -0.25) is 4.79 Å². The summed E-state index contributed by atoms with van der Waals surface area (Å²) in [7, 11) is 0. The van der Waals surface area contributed by atoms with Crippen LogP contribution in [0.3, 0.4) is 0 Å². The molecule has 0 spiro atoms. The Morgan fingerprint density at radius 1 is 1.09 bits per heavy atom. The molecule has 8 nitrogen and oxygen atoms in total. The van der Waals surface area contributed by atoms with Crippen LogP contribution >= 0.6 is 0 Å². The molecule has 0 radical (unpaired) electrons. The normalized spacial score (nSPS) is 33.1. The summed E-state index contributed by atoms with van der Waals surface area (Å²) in [6.07, 6.45) is 7.46. The van der Waals surface area contributed by atoms with Gasteiger partial charge in [0.15, 0.2) is 12.6 Å². The zero-order valence-electron chi connectivity index (χ0n) is 21.1. The summed E-state index contributed by atoms with van der Waals surface area (Å²) in [6.45, 7) is 8.11. The molecule has 3 aliphatic rings. The van der Waals surface area contributed by atoms with Crippen LogP contribution < -0.4 is 0 Å². The van der Waals surface area contributed by atoms with E-state index in [0.29, 0.717) is 38.4 Å². The number of carbonyl (C=O) groups is 1. The van der Waals surface area contributed by atoms with Crippen molar-refractivity contribution in [1.82, 2.24) is 0 Å². The fourth-order valence-electron chi connectivity index (χ4n) is 5.09. The molecule has 2 aliphatic heterocycles. The first-order valence-electron chi connectivity index (χ1n) is 13.1. The largest absolute Gasteiger partial charge is 0.481 e. The molecule has 6 atom stereocenters. The maximum atomic E-state index is 11.7. The molecule has 2 unspecified atom stereocenters. The summed E-state index contributed by atoms with van der Waals surface area (Å²) in [5.74, 6) is -1.21. The van der Waals surface area contributed by atoms with Crippen molar-refractivity contribution in [3.8, 4) is 0 Å². The summed E-state index contributed by atoms with van der Waals surface area (Å²) < 4.78 is 30.4. The molecule has 1 saturated carbocycles. The lowest BCUT2D eigenvalue weighted by Gasteiger charge is -2.34. The van der Waals surface area contributed by atoms with E-state index < -0.39 is 35.6 Å². The van der Waals surface area contributed by atoms with Crippen molar-refractivity contribution in [3.63, 3.8) is 0 Å². The molecule has 0 aromatic carbocycles. The summed E-state index contributed by atoms with van der Waals surface area (Å²) in [6, 6.07) is 0. The predicted octanol–water partition coefficient (Wildman–Crippen LogP) is 4.39. The lowest BCUT2D eigenvalue weighted by molar-refractivity contribution is -0.201. The first kappa shape index (κ1) is 27.4. The minimum Gasteiger partial charge on any atom is -0.481 e. The Hall–Kier alpha value is -1.19. The number of carboxylic acids is 1. The Bertz CT molecular complexity index is 651. The number of hydrogen-bond donors (Lipinski definition) is 2. The van der Waals surface area contributed by atoms with E-state index in [4.69, 9.17) is 23.7 Å². The fraction of sp³-hybridized carbons (Fsp3) is 0.885. The average molecular weight is 485 g/mol. The van der Waals surface area contributed by atoms with Crippen LogP contribution in [0.4, 0.5) is 0 Å². The molecule has 196 valence electrons. The van der Waals surface area contributed by atoms with Gasteiger partial charge in [-0.15, -0.1) is 0 Å². The zero-order chi connectivity index (χ0) is 24.6. The van der Waals surface area contributed by atoms with Crippen molar-refractivity contribution in [3.05, 3.63) is 11.8 Å². The van der Waals surface area contributed by atoms with Crippen molar-refractivity contribution in [2.75, 3.05) is 19.8 Å². The third-order valence-electron chi connectivity index (χ3n) is 6.93. The highest BCUT2D eigenvalue weighted by Crippen LogP contribution is 2.44. The highest BCUT2D eigenvalue weighted by molar-refractivity contribution is 5.67. The molecule has 3 fully saturated rings. The lowest BCUT2D eigenvalue weighted by atomic mass is 9.87. The molecule has 2 saturated heterocycles. The monoisotopic (exact) mass is 484 g/mol. The SMILES string of the molecule is CCCOC(C)(C)CC=C(OC1CCCCO1)[C@H]1[C@@H](CC(=O)O)[C@@H](O)C[C@H]1OC1CCCCO1. The van der Waals surface area contributed by atoms with Crippen molar-refractivity contribution in [2.45, 2.75) is 115 Å². The fourth-order valence-corrected chi connectivity index (χ4v) is 5.09. The van der Waals surface area contributed by atoms with Gasteiger partial charge in [0.05, 0.1) is 30.8 Å². The van der Waals surface area contributed by atoms with Crippen LogP contribution in [0.2, 0.25) is 0 Å². The van der Waals surface area contributed by atoms with Crippen LogP contribution in [0.25, 0.3) is 0 Å². The summed E-state index contributed by atoms with van der Waals surface area (Å²) in [4.78, 5) is 11.7. The second kappa shape index (κ2) is 13.2. The van der Waals surface area contributed by atoms with Gasteiger partial charge in [-0.1, -0.05) is 6.92 Å². The number of carboxylic acid groups (broad SMARTS) is 1. The average Bonchev–Trinajstić information content (AvgIpc) is 3.10. The Morgan fingerprint density at radius 3 is 2.35 bits per heavy atom. The second-order valence-electron chi connectivity index (χ2n) is 10.4. The molecule has 3 rings (SSSR count). The van der Waals surface area contributed by atoms with E-state index in [-0.39, 0.29) is 19.0 Å². The summed E-state index contributed by atoms with van der Waals surface area (Å²) >= 11 is 0. The van der Waals surface area contributed by atoms with Gasteiger partial charge in [0.1, 0.15) is 5.76 Å². The Morgan fingerprint density at radius 2 is 1.76 bits per heavy atom. The van der Waals surface area contributed by atoms with Crippen molar-refractivity contribution < 1.29 is 38.7 Å². The minimum atomic E-state index is -0.941. The molecule has 34 heavy (non-hydrogen) atoms. The van der Waals surface area contributed by atoms with Gasteiger partial charge < -0.3 is 33.9 Å². The number of ether oxygens (including phenoxy) is 5. The summed E-state index contributed by atoms with van der Waals surface area (Å²) in [5.41, 5.74) is -0.402. The van der Waals surface area contributed by atoms with E-state index in [1.165, 1.54) is 0 Å². The first-order valence-corrected chi connectivity index (χ1v) is 13.1. The number of hydrogen-bond acceptors (Lipinski definition) is 7. The molecule has 0 aromatic heterocycles. The van der Waals surface area contributed by atoms with Gasteiger partial charge in [-0.2, -0.15) is 0 Å². The van der Waals surface area contributed by atoms with Crippen LogP contribution in [0.5, 0.6) is 0 Å². The van der Waals surface area contributed by atoms with Crippen LogP contribution in [0, 0.1) is 11.8 Å². The van der Waals surface area contributed by atoms with Gasteiger partial charge >= 0.3 is 5.97 Å². The highest BCUT2D eigenvalue weighted by atomic mass is 16.7. The molecule has 0 amide bonds. The Kier molecular flexibility index (Phi) is 10.6. The van der Waals surface area contributed by atoms with Crippen LogP contribution in [-0.2, 0) is 28.5 Å². The van der Waals surface area contributed by atoms with Gasteiger partial charge in [0.25, 0.3) is 0 Å². The maximum Gasteiger partial charge on any atom is 0.303 e. The van der Waals surface area contributed by atoms with Crippen molar-refractivity contribution >= 4 is 5.97 Å². The lowest BCUT2D eigenvalue weighted by Crippen LogP contribution is -2.35. The first-order chi connectivity index (χ1) is 16.3. The molecule has 0 bridgehead atoms. The standard InChI is InChI=1S/C26H44O8/c1-4-13-32-26(2,3)12-11-20(33-23-9-5-7-14-30-23)25-18(16-22(28)29)19(27)17-21(25)34-24-10-6-8-15-31-24/h11,18-19,21,23-25,27H,4-10,12-17H2,1-3H3,(H,28,29)/t18-,19-,21+,23?,24?,25+/m0/s1. The highest BCUT2D eigenvalue weighted by Gasteiger charge is 2.48. The molecule has 1 aliphatic carbocycles. The zero-order valence-corrected chi connectivity index (χ0v) is 21.1. The number of aliphatic hydroxyl groups is 1. The van der Waals surface area contributed by atoms with Crippen LogP contribution in [-0.4, -0.2) is 66.4 Å². The molecular weight excluding hydrogens is 440 g/mol. The van der Waals surface area contributed by atoms with Crippen LogP contribution in [0.1, 0.15) is 85.0 Å². The molecule has 0 aromatic rings. The van der Waals surface area contributed by atoms with E-state index in [0.717, 1.165) is 44.9 Å². The minimum absolute atomic E-state index is 0.154. The summed E-state index contributed by atoms with van der Waals surface area (Å²) in [5, 5.41) is 20.5. The number of aliphatic hydroxyl groups excluding tert-OH is 1. The maximum absolute atomic E-state index is 11.7.